The van der Waals surface area contributed by atoms with Gasteiger partial charge in [-0.15, -0.1) is 0 Å². The first kappa shape index (κ1) is 11.9. The van der Waals surface area contributed by atoms with Gasteiger partial charge in [0.25, 0.3) is 0 Å². The predicted molar refractivity (Wildman–Crippen MR) is 60.8 cm³/mol. The Morgan fingerprint density at radius 1 is 1.25 bits per heavy atom. The highest BCUT2D eigenvalue weighted by Crippen LogP contribution is 2.13. The number of carbonyl (C=O) groups is 1. The van der Waals surface area contributed by atoms with E-state index in [9.17, 15) is 13.2 Å². The second-order valence-electron chi connectivity index (χ2n) is 4.64. The quantitative estimate of drug-likeness (QED) is 0.699. The topological polar surface area (TPSA) is 75.3 Å². The van der Waals surface area contributed by atoms with Crippen molar-refractivity contribution in [3.63, 3.8) is 0 Å². The summed E-state index contributed by atoms with van der Waals surface area (Å²) in [5.74, 6) is 0.710. The first-order valence-corrected chi connectivity index (χ1v) is 7.60. The van der Waals surface area contributed by atoms with Crippen LogP contribution < -0.4 is 10.6 Å². The molecular weight excluding hydrogens is 228 g/mol. The number of carbonyl (C=O) groups excluding carboxylic acids is 1. The molecule has 2 aliphatic heterocycles. The number of amides is 1. The van der Waals surface area contributed by atoms with E-state index in [1.54, 1.807) is 0 Å². The monoisotopic (exact) mass is 246 g/mol. The average Bonchev–Trinajstić information content (AvgIpc) is 2.63. The van der Waals surface area contributed by atoms with Gasteiger partial charge in [0.15, 0.2) is 0 Å². The van der Waals surface area contributed by atoms with Crippen LogP contribution in [-0.2, 0) is 14.6 Å². The molecule has 6 heteroatoms. The van der Waals surface area contributed by atoms with E-state index in [2.05, 4.69) is 10.6 Å². The first-order valence-electron chi connectivity index (χ1n) is 5.78. The maximum Gasteiger partial charge on any atom is 0.220 e. The van der Waals surface area contributed by atoms with Crippen LogP contribution in [-0.4, -0.2) is 44.5 Å². The molecule has 0 spiro atoms. The Kier molecular flexibility index (Phi) is 3.49. The van der Waals surface area contributed by atoms with Gasteiger partial charge in [-0.2, -0.15) is 0 Å². The van der Waals surface area contributed by atoms with Crippen LogP contribution in [0.1, 0.15) is 25.7 Å². The van der Waals surface area contributed by atoms with Crippen molar-refractivity contribution in [3.05, 3.63) is 0 Å². The molecule has 2 aliphatic rings. The van der Waals surface area contributed by atoms with Crippen molar-refractivity contribution in [2.24, 2.45) is 0 Å². The van der Waals surface area contributed by atoms with Crippen molar-refractivity contribution < 1.29 is 13.2 Å². The fourth-order valence-electron chi connectivity index (χ4n) is 2.23. The highest BCUT2D eigenvalue weighted by atomic mass is 32.2. The molecule has 2 saturated heterocycles. The van der Waals surface area contributed by atoms with Gasteiger partial charge in [-0.05, 0) is 19.3 Å². The number of rotatable bonds is 3. The van der Waals surface area contributed by atoms with Crippen molar-refractivity contribution in [1.29, 1.82) is 0 Å². The van der Waals surface area contributed by atoms with Gasteiger partial charge in [0.1, 0.15) is 9.84 Å². The molecule has 1 atom stereocenters. The Morgan fingerprint density at radius 2 is 1.94 bits per heavy atom. The van der Waals surface area contributed by atoms with Crippen LogP contribution in [0.3, 0.4) is 0 Å². The van der Waals surface area contributed by atoms with Crippen LogP contribution in [0, 0.1) is 0 Å². The molecule has 1 amide bonds. The Hall–Kier alpha value is -0.620. The standard InChI is InChI=1S/C10H18N2O3S/c13-10-2-1-9(12-10)7-11-8-3-5-16(14,15)6-4-8/h8-9,11H,1-7H2,(H,12,13). The van der Waals surface area contributed by atoms with Crippen molar-refractivity contribution in [2.75, 3.05) is 18.1 Å². The largest absolute Gasteiger partial charge is 0.352 e. The zero-order valence-corrected chi connectivity index (χ0v) is 10.1. The summed E-state index contributed by atoms with van der Waals surface area (Å²) in [6, 6.07) is 0.520. The van der Waals surface area contributed by atoms with Crippen LogP contribution in [0.25, 0.3) is 0 Å². The van der Waals surface area contributed by atoms with Gasteiger partial charge in [0.2, 0.25) is 5.91 Å². The van der Waals surface area contributed by atoms with Crippen molar-refractivity contribution in [1.82, 2.24) is 10.6 Å². The summed E-state index contributed by atoms with van der Waals surface area (Å²) >= 11 is 0. The van der Waals surface area contributed by atoms with E-state index < -0.39 is 9.84 Å². The van der Waals surface area contributed by atoms with Gasteiger partial charge in [-0.1, -0.05) is 0 Å². The molecule has 2 N–H and O–H groups in total. The summed E-state index contributed by atoms with van der Waals surface area (Å²) in [6.45, 7) is 0.760. The SMILES string of the molecule is O=C1CCC(CNC2CCS(=O)(=O)CC2)N1. The van der Waals surface area contributed by atoms with Gasteiger partial charge >= 0.3 is 0 Å². The lowest BCUT2D eigenvalue weighted by Gasteiger charge is -2.24. The first-order chi connectivity index (χ1) is 7.55. The molecule has 2 fully saturated rings. The molecule has 0 radical (unpaired) electrons. The minimum atomic E-state index is -2.77. The van der Waals surface area contributed by atoms with Crippen LogP contribution in [0.2, 0.25) is 0 Å². The minimum Gasteiger partial charge on any atom is -0.352 e. The summed E-state index contributed by atoms with van der Waals surface area (Å²) in [4.78, 5) is 11.0. The smallest absolute Gasteiger partial charge is 0.220 e. The molecule has 0 aromatic rings. The molecule has 1 unspecified atom stereocenters. The lowest BCUT2D eigenvalue weighted by molar-refractivity contribution is -0.119. The molecular formula is C10H18N2O3S. The van der Waals surface area contributed by atoms with E-state index in [1.165, 1.54) is 0 Å². The van der Waals surface area contributed by atoms with Gasteiger partial charge in [0.05, 0.1) is 11.5 Å². The van der Waals surface area contributed by atoms with E-state index in [4.69, 9.17) is 0 Å². The third kappa shape index (κ3) is 3.18. The van der Waals surface area contributed by atoms with Gasteiger partial charge in [-0.25, -0.2) is 8.42 Å². The fourth-order valence-corrected chi connectivity index (χ4v) is 3.72. The molecule has 2 heterocycles. The van der Waals surface area contributed by atoms with E-state index >= 15 is 0 Å². The third-order valence-electron chi connectivity index (χ3n) is 3.29. The van der Waals surface area contributed by atoms with E-state index in [-0.39, 0.29) is 11.9 Å². The molecule has 92 valence electrons. The Morgan fingerprint density at radius 3 is 2.50 bits per heavy atom. The molecule has 0 bridgehead atoms. The maximum atomic E-state index is 11.2. The highest BCUT2D eigenvalue weighted by molar-refractivity contribution is 7.91. The highest BCUT2D eigenvalue weighted by Gasteiger charge is 2.25. The van der Waals surface area contributed by atoms with Crippen molar-refractivity contribution in [2.45, 2.75) is 37.8 Å². The Balaban J connectivity index is 1.69. The van der Waals surface area contributed by atoms with Crippen LogP contribution >= 0.6 is 0 Å². The molecule has 5 nitrogen and oxygen atoms in total. The predicted octanol–water partition coefficient (Wildman–Crippen LogP) is -0.568. The van der Waals surface area contributed by atoms with E-state index in [0.717, 1.165) is 13.0 Å². The molecule has 0 aromatic carbocycles. The van der Waals surface area contributed by atoms with Crippen LogP contribution in [0.15, 0.2) is 0 Å². The van der Waals surface area contributed by atoms with Crippen LogP contribution in [0.4, 0.5) is 0 Å². The van der Waals surface area contributed by atoms with E-state index in [0.29, 0.717) is 36.8 Å². The zero-order valence-electron chi connectivity index (χ0n) is 9.24. The lowest BCUT2D eigenvalue weighted by atomic mass is 10.1. The van der Waals surface area contributed by atoms with Crippen LogP contribution in [0.5, 0.6) is 0 Å². The van der Waals surface area contributed by atoms with Gasteiger partial charge in [-0.3, -0.25) is 4.79 Å². The summed E-state index contributed by atoms with van der Waals surface area (Å²) < 4.78 is 22.4. The van der Waals surface area contributed by atoms with Crippen molar-refractivity contribution in [3.8, 4) is 0 Å². The van der Waals surface area contributed by atoms with E-state index in [1.807, 2.05) is 0 Å². The fraction of sp³-hybridized carbons (Fsp3) is 0.900. The minimum absolute atomic E-state index is 0.123. The average molecular weight is 246 g/mol. The summed E-state index contributed by atoms with van der Waals surface area (Å²) in [5, 5.41) is 6.23. The molecule has 0 aliphatic carbocycles. The Bertz CT molecular complexity index is 352. The van der Waals surface area contributed by atoms with Crippen molar-refractivity contribution >= 4 is 15.7 Å². The molecule has 0 aromatic heterocycles. The second-order valence-corrected chi connectivity index (χ2v) is 6.94. The number of hydrogen-bond donors (Lipinski definition) is 2. The maximum absolute atomic E-state index is 11.2. The summed E-state index contributed by atoms with van der Waals surface area (Å²) in [7, 11) is -2.77. The summed E-state index contributed by atoms with van der Waals surface area (Å²) in [6.07, 6.45) is 2.90. The van der Waals surface area contributed by atoms with Gasteiger partial charge in [0, 0.05) is 25.0 Å². The summed E-state index contributed by atoms with van der Waals surface area (Å²) in [5.41, 5.74) is 0. The zero-order chi connectivity index (χ0) is 11.6. The van der Waals surface area contributed by atoms with Gasteiger partial charge < -0.3 is 10.6 Å². The third-order valence-corrected chi connectivity index (χ3v) is 5.01. The number of sulfone groups is 1. The molecule has 16 heavy (non-hydrogen) atoms. The number of hydrogen-bond acceptors (Lipinski definition) is 4. The second kappa shape index (κ2) is 4.71. The molecule has 2 rings (SSSR count). The lowest BCUT2D eigenvalue weighted by Crippen LogP contribution is -2.43. The number of nitrogens with one attached hydrogen (secondary N) is 2. The Labute approximate surface area is 95.9 Å². The normalized spacial score (nSPS) is 30.2. The molecule has 0 saturated carbocycles.